The van der Waals surface area contributed by atoms with Crippen molar-refractivity contribution in [3.8, 4) is 40.8 Å². The predicted octanol–water partition coefficient (Wildman–Crippen LogP) is 2.90. The van der Waals surface area contributed by atoms with Crippen LogP contribution in [-0.4, -0.2) is 54.7 Å². The first-order valence-corrected chi connectivity index (χ1v) is 13.6. The van der Waals surface area contributed by atoms with Crippen LogP contribution >= 0.6 is 0 Å². The lowest BCUT2D eigenvalue weighted by Crippen LogP contribution is -2.33. The van der Waals surface area contributed by atoms with E-state index in [9.17, 15) is 23.7 Å². The van der Waals surface area contributed by atoms with E-state index < -0.39 is 26.9 Å². The molecule has 0 fully saturated rings. The lowest BCUT2D eigenvalue weighted by Gasteiger charge is -2.24. The van der Waals surface area contributed by atoms with Gasteiger partial charge in [-0.05, 0) is 42.8 Å². The van der Waals surface area contributed by atoms with Gasteiger partial charge in [-0.15, -0.1) is 10.2 Å². The molecule has 0 bridgehead atoms. The largest absolute Gasteiger partial charge is 0.494 e. The Bertz CT molecular complexity index is 1810. The zero-order valence-corrected chi connectivity index (χ0v) is 23.3. The van der Waals surface area contributed by atoms with Crippen LogP contribution in [0.1, 0.15) is 29.7 Å². The average Bonchev–Trinajstić information content (AvgIpc) is 3.39. The van der Waals surface area contributed by atoms with E-state index >= 15 is 0 Å². The number of nitriles is 2. The van der Waals surface area contributed by atoms with Crippen molar-refractivity contribution in [1.29, 1.82) is 10.5 Å². The van der Waals surface area contributed by atoms with Crippen molar-refractivity contribution < 1.29 is 22.6 Å². The number of hydrogen-bond acceptors (Lipinski definition) is 10. The number of aromatic amines is 1. The van der Waals surface area contributed by atoms with Crippen LogP contribution in [0.25, 0.3) is 17.2 Å². The summed E-state index contributed by atoms with van der Waals surface area (Å²) >= 11 is 0. The fourth-order valence-electron chi connectivity index (χ4n) is 4.29. The van der Waals surface area contributed by atoms with Gasteiger partial charge in [-0.25, -0.2) is 8.42 Å². The summed E-state index contributed by atoms with van der Waals surface area (Å²) in [5, 5.41) is 25.8. The number of methoxy groups -OCH3 is 3. The Morgan fingerprint density at radius 2 is 1.66 bits per heavy atom. The van der Waals surface area contributed by atoms with Crippen molar-refractivity contribution in [1.82, 2.24) is 19.7 Å². The van der Waals surface area contributed by atoms with Gasteiger partial charge in [-0.3, -0.25) is 14.1 Å². The topological polar surface area (TPSA) is 185 Å². The first-order valence-electron chi connectivity index (χ1n) is 12.0. The lowest BCUT2D eigenvalue weighted by atomic mass is 9.99. The third kappa shape index (κ3) is 5.60. The van der Waals surface area contributed by atoms with Crippen LogP contribution in [0.5, 0.6) is 11.5 Å². The lowest BCUT2D eigenvalue weighted by molar-refractivity contribution is 0.102. The van der Waals surface area contributed by atoms with Gasteiger partial charge in [-0.1, -0.05) is 18.2 Å². The monoisotopic (exact) mass is 575 g/mol. The van der Waals surface area contributed by atoms with E-state index in [0.29, 0.717) is 17.1 Å². The number of aromatic nitrogens is 4. The molecule has 0 amide bonds. The molecule has 2 aromatic carbocycles. The summed E-state index contributed by atoms with van der Waals surface area (Å²) in [6.07, 6.45) is -1.09. The molecule has 0 unspecified atom stereocenters. The number of para-hydroxylation sites is 1. The number of H-pyrrole nitrogens is 1. The summed E-state index contributed by atoms with van der Waals surface area (Å²) in [5.74, 6) is 0.485. The van der Waals surface area contributed by atoms with Gasteiger partial charge < -0.3 is 19.2 Å². The molecular formula is C27H25N7O6S. The van der Waals surface area contributed by atoms with E-state index in [0.717, 1.165) is 0 Å². The van der Waals surface area contributed by atoms with Crippen LogP contribution in [-0.2, 0) is 14.8 Å². The highest BCUT2D eigenvalue weighted by molar-refractivity contribution is 7.93. The molecule has 13 nitrogen and oxygen atoms in total. The molecule has 210 valence electrons. The van der Waals surface area contributed by atoms with Crippen LogP contribution < -0.4 is 19.8 Å². The fraction of sp³-hybridized carbons (Fsp3) is 0.222. The van der Waals surface area contributed by atoms with Crippen LogP contribution in [0.2, 0.25) is 0 Å². The highest BCUT2D eigenvalue weighted by Crippen LogP contribution is 2.38. The minimum absolute atomic E-state index is 0.0954. The first kappa shape index (κ1) is 28.8. The van der Waals surface area contributed by atoms with E-state index in [1.54, 1.807) is 24.3 Å². The molecular weight excluding hydrogens is 550 g/mol. The maximum absolute atomic E-state index is 13.8. The van der Waals surface area contributed by atoms with Gasteiger partial charge >= 0.3 is 0 Å². The summed E-state index contributed by atoms with van der Waals surface area (Å²) in [6, 6.07) is 17.7. The predicted molar refractivity (Wildman–Crippen MR) is 148 cm³/mol. The number of hydrogen-bond donors (Lipinski definition) is 2. The van der Waals surface area contributed by atoms with Gasteiger partial charge in [0.15, 0.2) is 5.82 Å². The second kappa shape index (κ2) is 11.9. The number of benzene rings is 2. The fourth-order valence-corrected chi connectivity index (χ4v) is 5.45. The SMILES string of the molecule is COc1cccc(OC)c1-n1c(NS(=O)(=O)[C@H](C)[C@@H](OC)c2ccc(C#N)cc2C#N)nnc1-c1cccc(=O)[nH]1. The molecule has 2 aromatic heterocycles. The van der Waals surface area contributed by atoms with Gasteiger partial charge in [0.1, 0.15) is 28.5 Å². The Labute approximate surface area is 235 Å². The van der Waals surface area contributed by atoms with Gasteiger partial charge in [0.25, 0.3) is 0 Å². The molecule has 0 radical (unpaired) electrons. The average molecular weight is 576 g/mol. The molecule has 2 N–H and O–H groups in total. The molecule has 14 heteroatoms. The van der Waals surface area contributed by atoms with Crippen LogP contribution in [0, 0.1) is 22.7 Å². The molecule has 0 spiro atoms. The zero-order valence-electron chi connectivity index (χ0n) is 22.4. The molecule has 4 aromatic rings. The smallest absolute Gasteiger partial charge is 0.248 e. The summed E-state index contributed by atoms with van der Waals surface area (Å²) in [6.45, 7) is 1.41. The molecule has 0 aliphatic heterocycles. The standard InChI is InChI=1S/C27H25N7O6S/c1-16(25(40-4)19-12-11-17(14-28)13-18(19)15-29)41(36,37)33-27-32-31-26(20-7-5-10-23(35)30-20)34(27)24-21(38-2)8-6-9-22(24)39-3/h5-13,16,25H,1-4H3,(H,30,35)(H,32,33)/t16-,25-/m1/s1. The number of nitrogens with zero attached hydrogens (tertiary/aromatic N) is 5. The Morgan fingerprint density at radius 3 is 2.24 bits per heavy atom. The van der Waals surface area contributed by atoms with Crippen LogP contribution in [0.4, 0.5) is 5.95 Å². The number of nitrogens with one attached hydrogen (secondary N) is 2. The van der Waals surface area contributed by atoms with Crippen molar-refractivity contribution in [2.45, 2.75) is 18.3 Å². The van der Waals surface area contributed by atoms with Crippen molar-refractivity contribution in [2.75, 3.05) is 26.1 Å². The minimum atomic E-state index is -4.29. The summed E-state index contributed by atoms with van der Waals surface area (Å²) in [7, 11) is -0.0916. The van der Waals surface area contributed by atoms with Gasteiger partial charge in [0.05, 0.1) is 43.2 Å². The number of rotatable bonds is 10. The van der Waals surface area contributed by atoms with E-state index in [1.807, 2.05) is 12.1 Å². The number of anilines is 1. The van der Waals surface area contributed by atoms with Crippen LogP contribution in [0.3, 0.4) is 0 Å². The summed E-state index contributed by atoms with van der Waals surface area (Å²) in [5.41, 5.74) is 0.771. The van der Waals surface area contributed by atoms with Crippen molar-refractivity contribution >= 4 is 16.0 Å². The molecule has 2 heterocycles. The Hall–Kier alpha value is -5.18. The molecule has 2 atom stereocenters. The molecule has 0 aliphatic rings. The maximum Gasteiger partial charge on any atom is 0.248 e. The molecule has 0 saturated heterocycles. The number of ether oxygens (including phenoxy) is 3. The van der Waals surface area contributed by atoms with E-state index in [2.05, 4.69) is 19.9 Å². The quantitative estimate of drug-likeness (QED) is 0.285. The third-order valence-corrected chi connectivity index (χ3v) is 8.00. The molecule has 0 saturated carbocycles. The summed E-state index contributed by atoms with van der Waals surface area (Å²) < 4.78 is 48.0. The number of sulfonamides is 1. The van der Waals surface area contributed by atoms with E-state index in [1.165, 1.54) is 63.2 Å². The van der Waals surface area contributed by atoms with Gasteiger partial charge in [-0.2, -0.15) is 10.5 Å². The first-order chi connectivity index (χ1) is 19.7. The molecule has 4 rings (SSSR count). The Kier molecular flexibility index (Phi) is 8.37. The van der Waals surface area contributed by atoms with Crippen molar-refractivity contribution in [3.05, 3.63) is 81.6 Å². The highest BCUT2D eigenvalue weighted by Gasteiger charge is 2.35. The zero-order chi connectivity index (χ0) is 29.7. The summed E-state index contributed by atoms with van der Waals surface area (Å²) in [4.78, 5) is 14.8. The minimum Gasteiger partial charge on any atom is -0.494 e. The maximum atomic E-state index is 13.8. The Balaban J connectivity index is 1.86. The van der Waals surface area contributed by atoms with Gasteiger partial charge in [0.2, 0.25) is 21.5 Å². The molecule has 0 aliphatic carbocycles. The molecule has 41 heavy (non-hydrogen) atoms. The van der Waals surface area contributed by atoms with Crippen LogP contribution in [0.15, 0.2) is 59.4 Å². The van der Waals surface area contributed by atoms with E-state index in [-0.39, 0.29) is 34.3 Å². The van der Waals surface area contributed by atoms with E-state index in [4.69, 9.17) is 14.2 Å². The second-order valence-corrected chi connectivity index (χ2v) is 10.7. The van der Waals surface area contributed by atoms with Crippen molar-refractivity contribution in [3.63, 3.8) is 0 Å². The van der Waals surface area contributed by atoms with Crippen molar-refractivity contribution in [2.24, 2.45) is 0 Å². The third-order valence-electron chi connectivity index (χ3n) is 6.31. The number of pyridine rings is 1. The van der Waals surface area contributed by atoms with Gasteiger partial charge in [0, 0.05) is 13.2 Å². The Morgan fingerprint density at radius 1 is 0.976 bits per heavy atom. The second-order valence-electron chi connectivity index (χ2n) is 8.66. The normalized spacial score (nSPS) is 12.5. The highest BCUT2D eigenvalue weighted by atomic mass is 32.2.